The van der Waals surface area contributed by atoms with E-state index in [9.17, 15) is 0 Å². The van der Waals surface area contributed by atoms with Gasteiger partial charge in [0.15, 0.2) is 0 Å². The van der Waals surface area contributed by atoms with Crippen LogP contribution in [0.4, 0.5) is 0 Å². The highest BCUT2D eigenvalue weighted by atomic mass is 14.3. The minimum absolute atomic E-state index is 0.653. The van der Waals surface area contributed by atoms with Gasteiger partial charge in [0.2, 0.25) is 0 Å². The first-order valence-electron chi connectivity index (χ1n) is 6.57. The van der Waals surface area contributed by atoms with Gasteiger partial charge in [0.25, 0.3) is 0 Å². The van der Waals surface area contributed by atoms with E-state index in [-0.39, 0.29) is 0 Å². The SMILES string of the molecule is C=C1[C@H](C)CC(=CCc2ccccc2)C[C@H]1C. The van der Waals surface area contributed by atoms with Gasteiger partial charge in [0.05, 0.1) is 0 Å². The standard InChI is InChI=1S/C17H22/c1-13-11-17(12-14(2)15(13)3)10-9-16-7-5-4-6-8-16/h4-8,10,13-14H,3,9,11-12H2,1-2H3/t13-,14-/m1/s1. The van der Waals surface area contributed by atoms with Crippen molar-refractivity contribution in [1.29, 1.82) is 0 Å². The van der Waals surface area contributed by atoms with Gasteiger partial charge in [-0.25, -0.2) is 0 Å². The van der Waals surface area contributed by atoms with Gasteiger partial charge >= 0.3 is 0 Å². The molecule has 0 heteroatoms. The van der Waals surface area contributed by atoms with Crippen LogP contribution in [0.2, 0.25) is 0 Å². The Morgan fingerprint density at radius 2 is 1.71 bits per heavy atom. The molecule has 90 valence electrons. The Labute approximate surface area is 105 Å². The van der Waals surface area contributed by atoms with Gasteiger partial charge in [0.1, 0.15) is 0 Å². The third kappa shape index (κ3) is 3.09. The first-order chi connectivity index (χ1) is 8.16. The number of rotatable bonds is 2. The second-order valence-electron chi connectivity index (χ2n) is 5.34. The molecule has 0 aliphatic heterocycles. The van der Waals surface area contributed by atoms with E-state index in [1.165, 1.54) is 24.0 Å². The Balaban J connectivity index is 2.01. The highest BCUT2D eigenvalue weighted by molar-refractivity contribution is 5.23. The Hall–Kier alpha value is -1.30. The van der Waals surface area contributed by atoms with Crippen LogP contribution in [0.3, 0.4) is 0 Å². The smallest absolute Gasteiger partial charge is 0.00948 e. The van der Waals surface area contributed by atoms with Crippen molar-refractivity contribution in [2.24, 2.45) is 11.8 Å². The lowest BCUT2D eigenvalue weighted by atomic mass is 9.76. The molecule has 0 heterocycles. The summed E-state index contributed by atoms with van der Waals surface area (Å²) < 4.78 is 0. The highest BCUT2D eigenvalue weighted by Crippen LogP contribution is 2.36. The van der Waals surface area contributed by atoms with Crippen molar-refractivity contribution in [2.45, 2.75) is 33.1 Å². The van der Waals surface area contributed by atoms with Crippen LogP contribution in [0.25, 0.3) is 0 Å². The molecule has 0 radical (unpaired) electrons. The van der Waals surface area contributed by atoms with E-state index in [1.807, 2.05) is 0 Å². The van der Waals surface area contributed by atoms with E-state index >= 15 is 0 Å². The summed E-state index contributed by atoms with van der Waals surface area (Å²) in [5.41, 5.74) is 4.45. The van der Waals surface area contributed by atoms with Crippen molar-refractivity contribution in [1.82, 2.24) is 0 Å². The monoisotopic (exact) mass is 226 g/mol. The molecule has 17 heavy (non-hydrogen) atoms. The van der Waals surface area contributed by atoms with Crippen molar-refractivity contribution in [3.05, 3.63) is 59.7 Å². The zero-order valence-corrected chi connectivity index (χ0v) is 10.9. The number of allylic oxidation sites excluding steroid dienone is 3. The maximum absolute atomic E-state index is 4.20. The molecule has 2 rings (SSSR count). The molecule has 0 nitrogen and oxygen atoms in total. The predicted molar refractivity (Wildman–Crippen MR) is 74.9 cm³/mol. The van der Waals surface area contributed by atoms with Crippen LogP contribution in [0.1, 0.15) is 32.3 Å². The molecule has 0 unspecified atom stereocenters. The maximum atomic E-state index is 4.20. The normalized spacial score (nSPS) is 24.8. The molecule has 1 aromatic rings. The van der Waals surface area contributed by atoms with Crippen molar-refractivity contribution in [2.75, 3.05) is 0 Å². The lowest BCUT2D eigenvalue weighted by Crippen LogP contribution is -2.16. The fourth-order valence-corrected chi connectivity index (χ4v) is 2.66. The van der Waals surface area contributed by atoms with E-state index in [0.29, 0.717) is 11.8 Å². The molecule has 2 atom stereocenters. The molecule has 1 aromatic carbocycles. The van der Waals surface area contributed by atoms with Gasteiger partial charge in [-0.1, -0.05) is 68.0 Å². The van der Waals surface area contributed by atoms with Crippen molar-refractivity contribution in [3.63, 3.8) is 0 Å². The zero-order chi connectivity index (χ0) is 12.3. The zero-order valence-electron chi connectivity index (χ0n) is 10.9. The summed E-state index contributed by atoms with van der Waals surface area (Å²) in [6.07, 6.45) is 5.91. The van der Waals surface area contributed by atoms with E-state index in [2.05, 4.69) is 56.8 Å². The van der Waals surface area contributed by atoms with Crippen LogP contribution >= 0.6 is 0 Å². The molecular formula is C17H22. The van der Waals surface area contributed by atoms with Gasteiger partial charge in [0, 0.05) is 0 Å². The van der Waals surface area contributed by atoms with Gasteiger partial charge in [-0.15, -0.1) is 0 Å². The maximum Gasteiger partial charge on any atom is -0.00948 e. The van der Waals surface area contributed by atoms with Crippen LogP contribution in [0, 0.1) is 11.8 Å². The Kier molecular flexibility index (Phi) is 3.83. The second-order valence-corrected chi connectivity index (χ2v) is 5.34. The van der Waals surface area contributed by atoms with Crippen LogP contribution in [-0.2, 0) is 6.42 Å². The quantitative estimate of drug-likeness (QED) is 0.637. The third-order valence-electron chi connectivity index (χ3n) is 3.87. The fraction of sp³-hybridized carbons (Fsp3) is 0.412. The Morgan fingerprint density at radius 3 is 2.29 bits per heavy atom. The van der Waals surface area contributed by atoms with Crippen molar-refractivity contribution < 1.29 is 0 Å². The van der Waals surface area contributed by atoms with E-state index in [0.717, 1.165) is 6.42 Å². The summed E-state index contributed by atoms with van der Waals surface area (Å²) in [6, 6.07) is 10.7. The highest BCUT2D eigenvalue weighted by Gasteiger charge is 2.22. The first-order valence-corrected chi connectivity index (χ1v) is 6.57. The predicted octanol–water partition coefficient (Wildman–Crippen LogP) is 4.78. The van der Waals surface area contributed by atoms with Crippen molar-refractivity contribution >= 4 is 0 Å². The summed E-state index contributed by atoms with van der Waals surface area (Å²) in [7, 11) is 0. The second kappa shape index (κ2) is 5.35. The molecule has 0 spiro atoms. The van der Waals surface area contributed by atoms with E-state index < -0.39 is 0 Å². The summed E-state index contributed by atoms with van der Waals surface area (Å²) in [4.78, 5) is 0. The molecule has 0 bridgehead atoms. The minimum Gasteiger partial charge on any atom is -0.0993 e. The summed E-state index contributed by atoms with van der Waals surface area (Å²) >= 11 is 0. The lowest BCUT2D eigenvalue weighted by Gasteiger charge is -2.29. The number of hydrogen-bond donors (Lipinski definition) is 0. The molecule has 0 aromatic heterocycles. The van der Waals surface area contributed by atoms with Crippen LogP contribution in [0.15, 0.2) is 54.1 Å². The van der Waals surface area contributed by atoms with Crippen LogP contribution in [0.5, 0.6) is 0 Å². The fourth-order valence-electron chi connectivity index (χ4n) is 2.66. The number of hydrogen-bond acceptors (Lipinski definition) is 0. The molecule has 0 N–H and O–H groups in total. The van der Waals surface area contributed by atoms with Crippen molar-refractivity contribution in [3.8, 4) is 0 Å². The molecule has 1 aliphatic rings. The van der Waals surface area contributed by atoms with Gasteiger partial charge < -0.3 is 0 Å². The number of benzene rings is 1. The summed E-state index contributed by atoms with van der Waals surface area (Å²) in [5, 5.41) is 0. The molecule has 1 aliphatic carbocycles. The minimum atomic E-state index is 0.653. The van der Waals surface area contributed by atoms with Crippen LogP contribution in [-0.4, -0.2) is 0 Å². The molecule has 1 fully saturated rings. The molecule has 1 saturated carbocycles. The van der Waals surface area contributed by atoms with E-state index in [4.69, 9.17) is 0 Å². The average molecular weight is 226 g/mol. The van der Waals surface area contributed by atoms with Crippen LogP contribution < -0.4 is 0 Å². The Morgan fingerprint density at radius 1 is 1.12 bits per heavy atom. The average Bonchev–Trinajstić information content (AvgIpc) is 2.34. The van der Waals surface area contributed by atoms with Gasteiger partial charge in [-0.3, -0.25) is 0 Å². The molecular weight excluding hydrogens is 204 g/mol. The first kappa shape index (κ1) is 12.2. The van der Waals surface area contributed by atoms with Gasteiger partial charge in [-0.2, -0.15) is 0 Å². The summed E-state index contributed by atoms with van der Waals surface area (Å²) in [6.45, 7) is 8.80. The topological polar surface area (TPSA) is 0 Å². The lowest BCUT2D eigenvalue weighted by molar-refractivity contribution is 0.482. The van der Waals surface area contributed by atoms with E-state index in [1.54, 1.807) is 5.57 Å². The largest absolute Gasteiger partial charge is 0.0993 e. The molecule has 0 saturated heterocycles. The summed E-state index contributed by atoms with van der Waals surface area (Å²) in [5.74, 6) is 1.31. The molecule has 0 amide bonds. The van der Waals surface area contributed by atoms with Gasteiger partial charge in [-0.05, 0) is 36.7 Å². The Bertz CT molecular complexity index is 395. The third-order valence-corrected chi connectivity index (χ3v) is 3.87.